The molecule has 6 heteroatoms. The van der Waals surface area contributed by atoms with Crippen molar-refractivity contribution in [1.29, 1.82) is 0 Å². The Morgan fingerprint density at radius 2 is 1.00 bits per heavy atom. The second kappa shape index (κ2) is 12.1. The van der Waals surface area contributed by atoms with E-state index in [1.54, 1.807) is 24.3 Å². The Balaban J connectivity index is 1.66. The van der Waals surface area contributed by atoms with Crippen molar-refractivity contribution in [2.45, 2.75) is 39.5 Å². The van der Waals surface area contributed by atoms with Crippen LogP contribution >= 0.6 is 0 Å². The summed E-state index contributed by atoms with van der Waals surface area (Å²) >= 11 is 0. The van der Waals surface area contributed by atoms with Crippen molar-refractivity contribution in [3.05, 3.63) is 69.0 Å². The lowest BCUT2D eigenvalue weighted by Gasteiger charge is -2.36. The highest BCUT2D eigenvalue weighted by Gasteiger charge is 2.20. The molecule has 1 aliphatic heterocycles. The zero-order valence-corrected chi connectivity index (χ0v) is 19.2. The van der Waals surface area contributed by atoms with Crippen molar-refractivity contribution >= 4 is 11.4 Å². The first-order chi connectivity index (χ1) is 15.6. The van der Waals surface area contributed by atoms with Gasteiger partial charge in [-0.1, -0.05) is 26.7 Å². The van der Waals surface area contributed by atoms with Gasteiger partial charge in [0, 0.05) is 26.2 Å². The van der Waals surface area contributed by atoms with Crippen LogP contribution in [0, 0.1) is 0 Å². The maximum Gasteiger partial charge on any atom is 0.201 e. The predicted octanol–water partition coefficient (Wildman–Crippen LogP) is 4.09. The molecular weight excluding hydrogens is 404 g/mol. The number of hydrogen-bond acceptors (Lipinski definition) is 6. The molecule has 32 heavy (non-hydrogen) atoms. The Kier molecular flexibility index (Phi) is 8.96. The van der Waals surface area contributed by atoms with Gasteiger partial charge in [0.05, 0.1) is 24.6 Å². The summed E-state index contributed by atoms with van der Waals surface area (Å²) in [6, 6.07) is 14.1. The molecule has 2 aromatic carbocycles. The molecule has 0 atom stereocenters. The van der Waals surface area contributed by atoms with Gasteiger partial charge in [-0.2, -0.15) is 0 Å². The van der Waals surface area contributed by atoms with Crippen LogP contribution in [0.4, 0.5) is 11.4 Å². The zero-order chi connectivity index (χ0) is 22.8. The molecule has 0 unspecified atom stereocenters. The smallest absolute Gasteiger partial charge is 0.201 e. The van der Waals surface area contributed by atoms with Crippen LogP contribution in [0.3, 0.4) is 0 Å². The summed E-state index contributed by atoms with van der Waals surface area (Å²) in [6.45, 7) is 8.22. The first-order valence-electron chi connectivity index (χ1n) is 11.7. The third-order valence-corrected chi connectivity index (χ3v) is 5.61. The largest absolute Gasteiger partial charge is 0.494 e. The first-order valence-corrected chi connectivity index (χ1v) is 11.7. The summed E-state index contributed by atoms with van der Waals surface area (Å²) < 4.78 is 11.5. The molecule has 1 saturated heterocycles. The first kappa shape index (κ1) is 23.6. The topological polar surface area (TPSA) is 59.1 Å². The number of anilines is 2. The molecule has 2 aromatic rings. The van der Waals surface area contributed by atoms with Crippen LogP contribution in [0.1, 0.15) is 39.5 Å². The fourth-order valence-corrected chi connectivity index (χ4v) is 3.66. The minimum absolute atomic E-state index is 0.0201. The monoisotopic (exact) mass is 438 g/mol. The van der Waals surface area contributed by atoms with Gasteiger partial charge in [-0.05, 0) is 61.4 Å². The zero-order valence-electron chi connectivity index (χ0n) is 19.2. The average Bonchev–Trinajstić information content (AvgIpc) is 3.10. The number of nitrogens with zero attached hydrogens (tertiary/aromatic N) is 2. The third-order valence-electron chi connectivity index (χ3n) is 5.61. The molecular formula is C26H34N2O4. The molecule has 3 rings (SSSR count). The third kappa shape index (κ3) is 6.49. The molecule has 1 heterocycles. The van der Waals surface area contributed by atoms with Crippen molar-refractivity contribution in [3.8, 4) is 11.5 Å². The molecule has 0 spiro atoms. The van der Waals surface area contributed by atoms with E-state index in [1.165, 1.54) is 0 Å². The second-order valence-corrected chi connectivity index (χ2v) is 8.02. The van der Waals surface area contributed by atoms with E-state index < -0.39 is 0 Å². The molecule has 0 N–H and O–H groups in total. The molecule has 0 aliphatic carbocycles. The van der Waals surface area contributed by atoms with E-state index in [9.17, 15) is 9.59 Å². The highest BCUT2D eigenvalue weighted by molar-refractivity contribution is 5.52. The fourth-order valence-electron chi connectivity index (χ4n) is 3.66. The minimum Gasteiger partial charge on any atom is -0.494 e. The molecule has 172 valence electrons. The van der Waals surface area contributed by atoms with E-state index in [2.05, 4.69) is 23.6 Å². The molecule has 0 saturated carbocycles. The molecule has 0 aromatic heterocycles. The van der Waals surface area contributed by atoms with Crippen LogP contribution in [0.5, 0.6) is 11.5 Å². The average molecular weight is 439 g/mol. The predicted molar refractivity (Wildman–Crippen MR) is 131 cm³/mol. The van der Waals surface area contributed by atoms with E-state index in [4.69, 9.17) is 9.47 Å². The van der Waals surface area contributed by atoms with Gasteiger partial charge in [0.15, 0.2) is 0 Å². The lowest BCUT2D eigenvalue weighted by molar-refractivity contribution is 0.309. The van der Waals surface area contributed by atoms with Crippen LogP contribution in [0.15, 0.2) is 58.1 Å². The maximum atomic E-state index is 12.6. The highest BCUT2D eigenvalue weighted by Crippen LogP contribution is 2.19. The van der Waals surface area contributed by atoms with Crippen LogP contribution in [-0.2, 0) is 0 Å². The van der Waals surface area contributed by atoms with Gasteiger partial charge in [0.25, 0.3) is 0 Å². The van der Waals surface area contributed by atoms with E-state index in [-0.39, 0.29) is 10.9 Å². The van der Waals surface area contributed by atoms with Gasteiger partial charge in [0.1, 0.15) is 11.5 Å². The molecule has 0 bridgehead atoms. The number of rotatable bonds is 10. The Morgan fingerprint density at radius 1 is 0.625 bits per heavy atom. The van der Waals surface area contributed by atoms with E-state index in [1.807, 2.05) is 24.3 Å². The van der Waals surface area contributed by atoms with Crippen LogP contribution in [0.25, 0.3) is 0 Å². The van der Waals surface area contributed by atoms with Crippen molar-refractivity contribution in [1.82, 2.24) is 0 Å². The molecule has 1 aliphatic rings. The molecule has 0 radical (unpaired) electrons. The summed E-state index contributed by atoms with van der Waals surface area (Å²) in [7, 11) is 0. The number of ether oxygens (including phenoxy) is 2. The lowest BCUT2D eigenvalue weighted by Crippen LogP contribution is -2.48. The minimum atomic E-state index is -0.0201. The van der Waals surface area contributed by atoms with Crippen LogP contribution < -0.4 is 30.1 Å². The SMILES string of the molecule is CCCCOc1ccc(N2CCN(c3ccc(OCCCC)ccc3=O)CC2)c(=O)cc1. The Morgan fingerprint density at radius 3 is 1.38 bits per heavy atom. The van der Waals surface area contributed by atoms with Crippen molar-refractivity contribution in [2.24, 2.45) is 0 Å². The summed E-state index contributed by atoms with van der Waals surface area (Å²) in [6.07, 6.45) is 4.12. The van der Waals surface area contributed by atoms with Crippen molar-refractivity contribution in [3.63, 3.8) is 0 Å². The van der Waals surface area contributed by atoms with Gasteiger partial charge < -0.3 is 19.3 Å². The van der Waals surface area contributed by atoms with E-state index in [0.29, 0.717) is 62.3 Å². The van der Waals surface area contributed by atoms with Gasteiger partial charge in [-0.25, -0.2) is 0 Å². The highest BCUT2D eigenvalue weighted by atomic mass is 16.5. The summed E-state index contributed by atoms with van der Waals surface area (Å²) in [4.78, 5) is 29.4. The second-order valence-electron chi connectivity index (χ2n) is 8.02. The van der Waals surface area contributed by atoms with Crippen molar-refractivity contribution in [2.75, 3.05) is 49.2 Å². The summed E-state index contributed by atoms with van der Waals surface area (Å²) in [5, 5.41) is 0. The number of piperazine rings is 1. The van der Waals surface area contributed by atoms with Gasteiger partial charge in [-0.15, -0.1) is 0 Å². The summed E-state index contributed by atoms with van der Waals surface area (Å²) in [5.74, 6) is 1.43. The number of unbranched alkanes of at least 4 members (excludes halogenated alkanes) is 2. The van der Waals surface area contributed by atoms with Gasteiger partial charge in [0.2, 0.25) is 10.9 Å². The Hall–Kier alpha value is -3.02. The standard InChI is InChI=1S/C26H34N2O4/c1-3-5-19-31-21-7-11-23(25(29)13-9-21)27-15-17-28(18-16-27)24-12-8-22(10-14-26(24)30)32-20-6-4-2/h7-14H,3-6,15-20H2,1-2H3. The summed E-state index contributed by atoms with van der Waals surface area (Å²) in [5.41, 5.74) is 1.30. The normalized spacial score (nSPS) is 13.7. The van der Waals surface area contributed by atoms with Crippen LogP contribution in [0.2, 0.25) is 0 Å². The Bertz CT molecular complexity index is 907. The molecule has 1 fully saturated rings. The van der Waals surface area contributed by atoms with Gasteiger partial charge >= 0.3 is 0 Å². The molecule has 0 amide bonds. The number of hydrogen-bond donors (Lipinski definition) is 0. The van der Waals surface area contributed by atoms with Crippen LogP contribution in [-0.4, -0.2) is 39.4 Å². The quantitative estimate of drug-likeness (QED) is 0.521. The lowest BCUT2D eigenvalue weighted by atomic mass is 10.2. The fraction of sp³-hybridized carbons (Fsp3) is 0.462. The van der Waals surface area contributed by atoms with Gasteiger partial charge in [-0.3, -0.25) is 9.59 Å². The van der Waals surface area contributed by atoms with E-state index in [0.717, 1.165) is 25.7 Å². The Labute approximate surface area is 190 Å². The van der Waals surface area contributed by atoms with Crippen molar-refractivity contribution < 1.29 is 9.47 Å². The maximum absolute atomic E-state index is 12.6. The molecule has 6 nitrogen and oxygen atoms in total. The van der Waals surface area contributed by atoms with E-state index >= 15 is 0 Å².